The number of nitrogens with zero attached hydrogens (tertiary/aromatic N) is 1. The second kappa shape index (κ2) is 5.39. The molecule has 0 aliphatic carbocycles. The van der Waals surface area contributed by atoms with Crippen LogP contribution in [0.3, 0.4) is 0 Å². The minimum atomic E-state index is -3.30. The average Bonchev–Trinajstić information content (AvgIpc) is 2.27. The second-order valence-electron chi connectivity index (χ2n) is 4.42. The van der Waals surface area contributed by atoms with Crippen molar-refractivity contribution in [2.75, 3.05) is 22.9 Å². The maximum absolute atomic E-state index is 11.5. The summed E-state index contributed by atoms with van der Waals surface area (Å²) in [7, 11) is -1.83. The van der Waals surface area contributed by atoms with Crippen LogP contribution >= 0.6 is 0 Å². The minimum Gasteiger partial charge on any atom is -0.326 e. The molecule has 0 bridgehead atoms. The topological polar surface area (TPSA) is 66.5 Å². The predicted molar refractivity (Wildman–Crippen MR) is 73.2 cm³/mol. The predicted octanol–water partition coefficient (Wildman–Crippen LogP) is 1.68. The fraction of sp³-hybridized carbons (Fsp3) is 0.417. The number of carbonyl (C=O) groups excluding carboxylic acids is 1. The Labute approximate surface area is 108 Å². The Morgan fingerprint density at radius 2 is 1.94 bits per heavy atom. The highest BCUT2D eigenvalue weighted by Gasteiger charge is 2.13. The summed E-state index contributed by atoms with van der Waals surface area (Å²) in [6, 6.07) is 6.72. The van der Waals surface area contributed by atoms with Crippen LogP contribution in [0, 0.1) is 5.92 Å². The van der Waals surface area contributed by atoms with Crippen molar-refractivity contribution in [2.24, 2.45) is 5.92 Å². The molecule has 0 aliphatic rings. The standard InChI is InChI=1S/C12H18N2O3S/c1-9(2)12(15)13-10-6-5-7-11(8-10)14(3)18(4,16)17/h5-9H,1-4H3,(H,13,15). The number of sulfonamides is 1. The van der Waals surface area contributed by atoms with E-state index in [4.69, 9.17) is 0 Å². The van der Waals surface area contributed by atoms with Crippen molar-refractivity contribution in [3.63, 3.8) is 0 Å². The fourth-order valence-corrected chi connectivity index (χ4v) is 1.75. The van der Waals surface area contributed by atoms with Gasteiger partial charge in [0.2, 0.25) is 15.9 Å². The first-order valence-corrected chi connectivity index (χ1v) is 7.41. The molecule has 0 atom stereocenters. The highest BCUT2D eigenvalue weighted by atomic mass is 32.2. The number of benzene rings is 1. The molecule has 0 heterocycles. The first kappa shape index (κ1) is 14.5. The van der Waals surface area contributed by atoms with Crippen molar-refractivity contribution in [1.82, 2.24) is 0 Å². The van der Waals surface area contributed by atoms with Crippen molar-refractivity contribution in [1.29, 1.82) is 0 Å². The zero-order valence-corrected chi connectivity index (χ0v) is 11.8. The van der Waals surface area contributed by atoms with Crippen LogP contribution in [-0.4, -0.2) is 27.6 Å². The molecular weight excluding hydrogens is 252 g/mol. The summed E-state index contributed by atoms with van der Waals surface area (Å²) >= 11 is 0. The second-order valence-corrected chi connectivity index (χ2v) is 6.44. The fourth-order valence-electron chi connectivity index (χ4n) is 1.26. The van der Waals surface area contributed by atoms with Crippen molar-refractivity contribution in [3.8, 4) is 0 Å². The van der Waals surface area contributed by atoms with Crippen LogP contribution in [0.5, 0.6) is 0 Å². The molecule has 0 saturated carbocycles. The average molecular weight is 270 g/mol. The van der Waals surface area contributed by atoms with Gasteiger partial charge in [-0.05, 0) is 18.2 Å². The quantitative estimate of drug-likeness (QED) is 0.905. The number of anilines is 2. The zero-order chi connectivity index (χ0) is 13.9. The van der Waals surface area contributed by atoms with Crippen molar-refractivity contribution in [2.45, 2.75) is 13.8 Å². The lowest BCUT2D eigenvalue weighted by atomic mass is 10.2. The van der Waals surface area contributed by atoms with E-state index in [9.17, 15) is 13.2 Å². The molecule has 18 heavy (non-hydrogen) atoms. The molecule has 1 rings (SSSR count). The van der Waals surface area contributed by atoms with Crippen molar-refractivity contribution in [3.05, 3.63) is 24.3 Å². The summed E-state index contributed by atoms with van der Waals surface area (Å²) in [4.78, 5) is 11.5. The van der Waals surface area contributed by atoms with E-state index in [0.717, 1.165) is 10.6 Å². The molecule has 0 unspecified atom stereocenters. The lowest BCUT2D eigenvalue weighted by Gasteiger charge is -2.17. The zero-order valence-electron chi connectivity index (χ0n) is 11.0. The molecule has 0 aliphatic heterocycles. The van der Waals surface area contributed by atoms with Crippen LogP contribution in [0.25, 0.3) is 0 Å². The van der Waals surface area contributed by atoms with Crippen LogP contribution in [0.1, 0.15) is 13.8 Å². The number of hydrogen-bond acceptors (Lipinski definition) is 3. The van der Waals surface area contributed by atoms with Gasteiger partial charge in [0.25, 0.3) is 0 Å². The lowest BCUT2D eigenvalue weighted by Crippen LogP contribution is -2.25. The summed E-state index contributed by atoms with van der Waals surface area (Å²) in [6.45, 7) is 3.59. The monoisotopic (exact) mass is 270 g/mol. The molecule has 0 aromatic heterocycles. The van der Waals surface area contributed by atoms with E-state index in [0.29, 0.717) is 11.4 Å². The minimum absolute atomic E-state index is 0.103. The van der Waals surface area contributed by atoms with E-state index in [1.165, 1.54) is 7.05 Å². The first-order valence-electron chi connectivity index (χ1n) is 5.56. The van der Waals surface area contributed by atoms with Gasteiger partial charge in [0, 0.05) is 18.7 Å². The number of carbonyl (C=O) groups is 1. The van der Waals surface area contributed by atoms with E-state index in [2.05, 4.69) is 5.32 Å². The number of amides is 1. The lowest BCUT2D eigenvalue weighted by molar-refractivity contribution is -0.118. The van der Waals surface area contributed by atoms with Gasteiger partial charge < -0.3 is 5.32 Å². The Kier molecular flexibility index (Phi) is 4.34. The van der Waals surface area contributed by atoms with Gasteiger partial charge in [0.1, 0.15) is 0 Å². The number of rotatable bonds is 4. The number of nitrogens with one attached hydrogen (secondary N) is 1. The Morgan fingerprint density at radius 3 is 2.44 bits per heavy atom. The van der Waals surface area contributed by atoms with Crippen LogP contribution in [-0.2, 0) is 14.8 Å². The van der Waals surface area contributed by atoms with Crippen molar-refractivity contribution < 1.29 is 13.2 Å². The summed E-state index contributed by atoms with van der Waals surface area (Å²) in [5.41, 5.74) is 1.10. The molecule has 0 spiro atoms. The third kappa shape index (κ3) is 3.73. The Hall–Kier alpha value is -1.56. The van der Waals surface area contributed by atoms with E-state index >= 15 is 0 Å². The molecule has 1 amide bonds. The Bertz CT molecular complexity index is 538. The largest absolute Gasteiger partial charge is 0.326 e. The van der Waals surface area contributed by atoms with E-state index in [-0.39, 0.29) is 11.8 Å². The van der Waals surface area contributed by atoms with Gasteiger partial charge in [-0.1, -0.05) is 19.9 Å². The molecule has 1 N–H and O–H groups in total. The van der Waals surface area contributed by atoms with E-state index in [1.807, 2.05) is 0 Å². The van der Waals surface area contributed by atoms with Gasteiger partial charge in [-0.2, -0.15) is 0 Å². The first-order chi connectivity index (χ1) is 8.21. The highest BCUT2D eigenvalue weighted by molar-refractivity contribution is 7.92. The number of hydrogen-bond donors (Lipinski definition) is 1. The van der Waals surface area contributed by atoms with Gasteiger partial charge in [-0.15, -0.1) is 0 Å². The Morgan fingerprint density at radius 1 is 1.33 bits per heavy atom. The third-order valence-electron chi connectivity index (χ3n) is 2.50. The molecule has 0 fully saturated rings. The van der Waals surface area contributed by atoms with Crippen LogP contribution in [0.2, 0.25) is 0 Å². The Balaban J connectivity index is 2.96. The maximum Gasteiger partial charge on any atom is 0.231 e. The summed E-state index contributed by atoms with van der Waals surface area (Å²) < 4.78 is 24.0. The third-order valence-corrected chi connectivity index (χ3v) is 3.70. The van der Waals surface area contributed by atoms with Crippen molar-refractivity contribution >= 4 is 27.3 Å². The molecule has 0 saturated heterocycles. The molecule has 0 radical (unpaired) electrons. The van der Waals surface area contributed by atoms with Gasteiger partial charge >= 0.3 is 0 Å². The molecule has 6 heteroatoms. The normalized spacial score (nSPS) is 11.4. The molecule has 1 aromatic rings. The summed E-state index contributed by atoms with van der Waals surface area (Å²) in [5.74, 6) is -0.226. The summed E-state index contributed by atoms with van der Waals surface area (Å²) in [5, 5.41) is 2.73. The van der Waals surface area contributed by atoms with Gasteiger partial charge in [-0.3, -0.25) is 9.10 Å². The van der Waals surface area contributed by atoms with Gasteiger partial charge in [-0.25, -0.2) is 8.42 Å². The van der Waals surface area contributed by atoms with Gasteiger partial charge in [0.15, 0.2) is 0 Å². The molecular formula is C12H18N2O3S. The SMILES string of the molecule is CC(C)C(=O)Nc1cccc(N(C)S(C)(=O)=O)c1. The maximum atomic E-state index is 11.5. The molecule has 5 nitrogen and oxygen atoms in total. The molecule has 100 valence electrons. The molecule has 1 aromatic carbocycles. The van der Waals surface area contributed by atoms with Crippen LogP contribution in [0.4, 0.5) is 11.4 Å². The van der Waals surface area contributed by atoms with E-state index in [1.54, 1.807) is 38.1 Å². The van der Waals surface area contributed by atoms with Crippen LogP contribution in [0.15, 0.2) is 24.3 Å². The van der Waals surface area contributed by atoms with E-state index < -0.39 is 10.0 Å². The van der Waals surface area contributed by atoms with Crippen LogP contribution < -0.4 is 9.62 Å². The summed E-state index contributed by atoms with van der Waals surface area (Å²) in [6.07, 6.45) is 1.13. The highest BCUT2D eigenvalue weighted by Crippen LogP contribution is 2.20. The van der Waals surface area contributed by atoms with Gasteiger partial charge in [0.05, 0.1) is 11.9 Å². The smallest absolute Gasteiger partial charge is 0.231 e.